The van der Waals surface area contributed by atoms with Crippen LogP contribution in [0.15, 0.2) is 60.7 Å². The normalized spacial score (nSPS) is 10.5. The van der Waals surface area contributed by atoms with Gasteiger partial charge in [-0.3, -0.25) is 4.79 Å². The van der Waals surface area contributed by atoms with E-state index >= 15 is 0 Å². The number of benzene rings is 2. The fourth-order valence-electron chi connectivity index (χ4n) is 2.36. The molecule has 0 radical (unpaired) electrons. The Labute approximate surface area is 126 Å². The minimum Gasteiger partial charge on any atom is -0.358 e. The molecule has 0 aliphatic carbocycles. The second-order valence-electron chi connectivity index (χ2n) is 4.89. The van der Waals surface area contributed by atoms with Gasteiger partial charge in [0.1, 0.15) is 0 Å². The van der Waals surface area contributed by atoms with Gasteiger partial charge in [-0.2, -0.15) is 0 Å². The summed E-state index contributed by atoms with van der Waals surface area (Å²) in [6.45, 7) is 0. The van der Waals surface area contributed by atoms with Crippen LogP contribution in [0.3, 0.4) is 0 Å². The number of carbonyl (C=O) groups is 1. The predicted octanol–water partition coefficient (Wildman–Crippen LogP) is 3.57. The highest BCUT2D eigenvalue weighted by Crippen LogP contribution is 2.23. The molecule has 108 valence electrons. The number of para-hydroxylation sites is 1. The van der Waals surface area contributed by atoms with Crippen LogP contribution in [0.5, 0.6) is 0 Å². The molecular weight excluding hydrogens is 280 g/mol. The zero-order valence-electron chi connectivity index (χ0n) is 11.6. The van der Waals surface area contributed by atoms with Gasteiger partial charge in [0.15, 0.2) is 11.3 Å². The zero-order valence-corrected chi connectivity index (χ0v) is 11.6. The van der Waals surface area contributed by atoms with Crippen molar-refractivity contribution in [1.29, 1.82) is 0 Å². The minimum atomic E-state index is -0.578. The molecule has 0 aliphatic heterocycles. The summed E-state index contributed by atoms with van der Waals surface area (Å²) in [5.74, 6) is -0.469. The molecule has 0 aliphatic rings. The van der Waals surface area contributed by atoms with Gasteiger partial charge in [0.25, 0.3) is 0 Å². The highest BCUT2D eigenvalue weighted by atomic mass is 16.6. The Morgan fingerprint density at radius 1 is 1.05 bits per heavy atom. The molecule has 0 saturated heterocycles. The second kappa shape index (κ2) is 5.73. The summed E-state index contributed by atoms with van der Waals surface area (Å²) in [7, 11) is 0. The Bertz CT molecular complexity index is 860. The fraction of sp³-hybridized carbons (Fsp3) is 0.0588. The van der Waals surface area contributed by atoms with Crippen molar-refractivity contribution < 1.29 is 9.72 Å². The molecule has 0 fully saturated rings. The van der Waals surface area contributed by atoms with E-state index < -0.39 is 4.92 Å². The van der Waals surface area contributed by atoms with Gasteiger partial charge in [-0.25, -0.2) is 0 Å². The number of nitrogens with zero attached hydrogens (tertiary/aromatic N) is 2. The first-order valence-electron chi connectivity index (χ1n) is 6.76. The number of pyridine rings is 1. The number of hydrogen-bond acceptors (Lipinski definition) is 4. The molecular formula is C17H12N2O3. The number of aromatic nitrogens is 1. The maximum Gasteiger partial charge on any atom is 0.364 e. The zero-order chi connectivity index (χ0) is 15.5. The van der Waals surface area contributed by atoms with Crippen molar-refractivity contribution in [3.63, 3.8) is 0 Å². The van der Waals surface area contributed by atoms with Crippen LogP contribution >= 0.6 is 0 Å². The first-order valence-corrected chi connectivity index (χ1v) is 6.76. The monoisotopic (exact) mass is 292 g/mol. The van der Waals surface area contributed by atoms with E-state index in [0.29, 0.717) is 16.5 Å². The maximum absolute atomic E-state index is 12.6. The van der Waals surface area contributed by atoms with Crippen molar-refractivity contribution in [2.75, 3.05) is 0 Å². The second-order valence-corrected chi connectivity index (χ2v) is 4.89. The molecule has 0 atom stereocenters. The molecule has 5 heteroatoms. The fourth-order valence-corrected chi connectivity index (χ4v) is 2.36. The third-order valence-electron chi connectivity index (χ3n) is 3.40. The Morgan fingerprint density at radius 3 is 2.45 bits per heavy atom. The molecule has 1 aromatic heterocycles. The molecule has 22 heavy (non-hydrogen) atoms. The van der Waals surface area contributed by atoms with Crippen LogP contribution < -0.4 is 0 Å². The molecule has 0 spiro atoms. The van der Waals surface area contributed by atoms with Crippen molar-refractivity contribution >= 4 is 22.5 Å². The van der Waals surface area contributed by atoms with Crippen molar-refractivity contribution in [2.24, 2.45) is 0 Å². The third-order valence-corrected chi connectivity index (χ3v) is 3.40. The van der Waals surface area contributed by atoms with Crippen molar-refractivity contribution in [3.05, 3.63) is 81.9 Å². The van der Waals surface area contributed by atoms with Crippen LogP contribution in [0.25, 0.3) is 10.9 Å². The van der Waals surface area contributed by atoms with E-state index in [2.05, 4.69) is 4.98 Å². The van der Waals surface area contributed by atoms with Crippen LogP contribution in [-0.4, -0.2) is 15.7 Å². The van der Waals surface area contributed by atoms with Gasteiger partial charge in [-0.05, 0) is 27.6 Å². The number of hydrogen-bond donors (Lipinski definition) is 0. The molecule has 3 rings (SSSR count). The van der Waals surface area contributed by atoms with Gasteiger partial charge < -0.3 is 10.1 Å². The lowest BCUT2D eigenvalue weighted by molar-refractivity contribution is -0.389. The van der Waals surface area contributed by atoms with Crippen LogP contribution in [0.2, 0.25) is 0 Å². The van der Waals surface area contributed by atoms with Crippen LogP contribution in [0.1, 0.15) is 15.9 Å². The van der Waals surface area contributed by atoms with E-state index in [1.54, 1.807) is 24.3 Å². The lowest BCUT2D eigenvalue weighted by Crippen LogP contribution is -2.06. The van der Waals surface area contributed by atoms with Crippen LogP contribution in [0, 0.1) is 10.1 Å². The van der Waals surface area contributed by atoms with E-state index in [-0.39, 0.29) is 18.0 Å². The molecule has 0 unspecified atom stereocenters. The molecule has 0 saturated carbocycles. The molecule has 3 aromatic rings. The lowest BCUT2D eigenvalue weighted by Gasteiger charge is -2.04. The number of Topliss-reactive ketones (excluding diaryl/α,β-unsaturated/α-hetero) is 1. The number of ketones is 1. The molecule has 0 bridgehead atoms. The maximum atomic E-state index is 12.6. The van der Waals surface area contributed by atoms with Crippen molar-refractivity contribution in [3.8, 4) is 0 Å². The molecule has 2 aromatic carbocycles. The number of carbonyl (C=O) groups excluding carboxylic acids is 1. The van der Waals surface area contributed by atoms with Gasteiger partial charge in [0, 0.05) is 23.4 Å². The Hall–Kier alpha value is -3.08. The summed E-state index contributed by atoms with van der Waals surface area (Å²) in [4.78, 5) is 27.0. The minimum absolute atomic E-state index is 0.159. The van der Waals surface area contributed by atoms with Crippen LogP contribution in [0.4, 0.5) is 5.82 Å². The summed E-state index contributed by atoms with van der Waals surface area (Å²) in [5.41, 5.74) is 1.66. The van der Waals surface area contributed by atoms with E-state index in [1.165, 1.54) is 6.07 Å². The highest BCUT2D eigenvalue weighted by molar-refractivity contribution is 6.08. The van der Waals surface area contributed by atoms with Crippen molar-refractivity contribution in [2.45, 2.75) is 6.42 Å². The summed E-state index contributed by atoms with van der Waals surface area (Å²) >= 11 is 0. The molecule has 0 amide bonds. The predicted molar refractivity (Wildman–Crippen MR) is 82.9 cm³/mol. The van der Waals surface area contributed by atoms with Gasteiger partial charge in [-0.1, -0.05) is 42.5 Å². The lowest BCUT2D eigenvalue weighted by atomic mass is 9.99. The number of fused-ring (bicyclic) bond motifs is 1. The molecule has 0 N–H and O–H groups in total. The topological polar surface area (TPSA) is 73.1 Å². The summed E-state index contributed by atoms with van der Waals surface area (Å²) in [5, 5.41) is 11.6. The number of rotatable bonds is 4. The Morgan fingerprint density at radius 2 is 1.73 bits per heavy atom. The van der Waals surface area contributed by atoms with Crippen LogP contribution in [-0.2, 0) is 6.42 Å². The quantitative estimate of drug-likeness (QED) is 0.418. The Kier molecular flexibility index (Phi) is 3.62. The van der Waals surface area contributed by atoms with Crippen molar-refractivity contribution in [1.82, 2.24) is 4.98 Å². The molecule has 1 heterocycles. The third kappa shape index (κ3) is 2.69. The average Bonchev–Trinajstić information content (AvgIpc) is 2.54. The standard InChI is InChI=1S/C17H12N2O3/c20-16(10-12-6-2-1-3-7-12)14-11-17(19(21)22)18-15-9-5-4-8-13(14)15/h1-9,11H,10H2. The van der Waals surface area contributed by atoms with Gasteiger partial charge in [-0.15, -0.1) is 0 Å². The first-order chi connectivity index (χ1) is 10.6. The highest BCUT2D eigenvalue weighted by Gasteiger charge is 2.19. The summed E-state index contributed by atoms with van der Waals surface area (Å²) in [6.07, 6.45) is 0.200. The largest absolute Gasteiger partial charge is 0.364 e. The van der Waals surface area contributed by atoms with E-state index in [0.717, 1.165) is 5.56 Å². The van der Waals surface area contributed by atoms with Gasteiger partial charge in [0.2, 0.25) is 0 Å². The average molecular weight is 292 g/mol. The van der Waals surface area contributed by atoms with Gasteiger partial charge in [0.05, 0.1) is 0 Å². The molecule has 5 nitrogen and oxygen atoms in total. The van der Waals surface area contributed by atoms with E-state index in [1.807, 2.05) is 30.3 Å². The summed E-state index contributed by atoms with van der Waals surface area (Å²) in [6, 6.07) is 17.5. The van der Waals surface area contributed by atoms with Gasteiger partial charge >= 0.3 is 5.82 Å². The van der Waals surface area contributed by atoms with E-state index in [4.69, 9.17) is 0 Å². The number of nitro groups is 1. The first kappa shape index (κ1) is 13.9. The Balaban J connectivity index is 2.08. The SMILES string of the molecule is O=C(Cc1ccccc1)c1cc([N+](=O)[O-])nc2ccccc12. The summed E-state index contributed by atoms with van der Waals surface area (Å²) < 4.78 is 0. The van der Waals surface area contributed by atoms with E-state index in [9.17, 15) is 14.9 Å². The smallest absolute Gasteiger partial charge is 0.358 e.